The first-order valence-electron chi connectivity index (χ1n) is 8.43. The number of thiophene rings is 1. The number of benzene rings is 2. The average Bonchev–Trinajstić information content (AvgIpc) is 3.21. The van der Waals surface area contributed by atoms with Crippen molar-refractivity contribution in [3.8, 4) is 0 Å². The Bertz CT molecular complexity index is 1050. The van der Waals surface area contributed by atoms with Gasteiger partial charge < -0.3 is 0 Å². The lowest BCUT2D eigenvalue weighted by molar-refractivity contribution is -0.121. The van der Waals surface area contributed by atoms with Crippen LogP contribution in [-0.4, -0.2) is 17.8 Å². The summed E-state index contributed by atoms with van der Waals surface area (Å²) >= 11 is 13.3. The van der Waals surface area contributed by atoms with Gasteiger partial charge in [0.2, 0.25) is 0 Å². The molecule has 0 aliphatic carbocycles. The van der Waals surface area contributed by atoms with E-state index in [-0.39, 0.29) is 5.57 Å². The Balaban J connectivity index is 1.86. The molecular formula is C21H12Cl2N2O3S. The number of anilines is 2. The molecule has 8 heteroatoms. The van der Waals surface area contributed by atoms with Gasteiger partial charge >= 0.3 is 6.03 Å². The van der Waals surface area contributed by atoms with Gasteiger partial charge in [0.15, 0.2) is 0 Å². The van der Waals surface area contributed by atoms with Gasteiger partial charge in [-0.25, -0.2) is 14.6 Å². The van der Waals surface area contributed by atoms with Crippen molar-refractivity contribution in [3.05, 3.63) is 86.5 Å². The summed E-state index contributed by atoms with van der Waals surface area (Å²) in [6.07, 6.45) is 1.49. The van der Waals surface area contributed by atoms with Crippen LogP contribution in [0.2, 0.25) is 10.0 Å². The molecule has 4 amide bonds. The molecule has 0 atom stereocenters. The maximum Gasteiger partial charge on any atom is 0.343 e. The third-order valence-corrected chi connectivity index (χ3v) is 5.48. The van der Waals surface area contributed by atoms with Gasteiger partial charge in [-0.05, 0) is 77.0 Å². The third kappa shape index (κ3) is 3.70. The van der Waals surface area contributed by atoms with Crippen LogP contribution >= 0.6 is 34.5 Å². The first-order chi connectivity index (χ1) is 14.0. The van der Waals surface area contributed by atoms with E-state index in [9.17, 15) is 14.4 Å². The molecule has 4 rings (SSSR count). The van der Waals surface area contributed by atoms with Crippen LogP contribution < -0.4 is 9.80 Å². The molecule has 0 bridgehead atoms. The molecule has 3 aromatic rings. The molecule has 0 spiro atoms. The van der Waals surface area contributed by atoms with E-state index in [2.05, 4.69) is 0 Å². The third-order valence-electron chi connectivity index (χ3n) is 4.27. The van der Waals surface area contributed by atoms with E-state index in [1.165, 1.54) is 17.4 Å². The molecule has 0 unspecified atom stereocenters. The zero-order valence-electron chi connectivity index (χ0n) is 14.7. The van der Waals surface area contributed by atoms with E-state index >= 15 is 0 Å². The van der Waals surface area contributed by atoms with Crippen molar-refractivity contribution in [1.82, 2.24) is 0 Å². The fraction of sp³-hybridized carbons (Fsp3) is 0. The van der Waals surface area contributed by atoms with Gasteiger partial charge in [-0.2, -0.15) is 11.3 Å². The lowest BCUT2D eigenvalue weighted by Gasteiger charge is -2.34. The molecule has 1 aliphatic rings. The second-order valence-electron chi connectivity index (χ2n) is 6.13. The number of amides is 4. The Kier molecular flexibility index (Phi) is 5.24. The zero-order valence-corrected chi connectivity index (χ0v) is 17.0. The predicted molar refractivity (Wildman–Crippen MR) is 116 cm³/mol. The first kappa shape index (κ1) is 19.4. The van der Waals surface area contributed by atoms with Gasteiger partial charge in [-0.1, -0.05) is 23.2 Å². The fourth-order valence-electron chi connectivity index (χ4n) is 2.89. The minimum atomic E-state index is -0.771. The number of carbonyl (C=O) groups is 3. The van der Waals surface area contributed by atoms with Crippen LogP contribution in [0.3, 0.4) is 0 Å². The SMILES string of the molecule is O=C1C(=Cc2ccsc2)C(=O)N(c2ccc(Cl)cc2)C(=O)N1c1ccc(Cl)cc1. The molecular weight excluding hydrogens is 431 g/mol. The van der Waals surface area contributed by atoms with Crippen molar-refractivity contribution in [1.29, 1.82) is 0 Å². The highest BCUT2D eigenvalue weighted by Crippen LogP contribution is 2.31. The fourth-order valence-corrected chi connectivity index (χ4v) is 3.76. The Morgan fingerprint density at radius 3 is 1.62 bits per heavy atom. The van der Waals surface area contributed by atoms with E-state index in [0.717, 1.165) is 9.80 Å². The Hall–Kier alpha value is -2.93. The molecule has 5 nitrogen and oxygen atoms in total. The lowest BCUT2D eigenvalue weighted by Crippen LogP contribution is -2.57. The monoisotopic (exact) mass is 442 g/mol. The summed E-state index contributed by atoms with van der Waals surface area (Å²) in [5.74, 6) is -1.39. The summed E-state index contributed by atoms with van der Waals surface area (Å²) in [5.41, 5.74) is 1.21. The molecule has 1 aromatic heterocycles. The number of barbiturate groups is 1. The van der Waals surface area contributed by atoms with E-state index < -0.39 is 17.8 Å². The van der Waals surface area contributed by atoms with Crippen LogP contribution in [0.15, 0.2) is 70.9 Å². The molecule has 1 saturated heterocycles. The molecule has 0 saturated carbocycles. The number of hydrogen-bond acceptors (Lipinski definition) is 4. The standard InChI is InChI=1S/C21H12Cl2N2O3S/c22-14-1-5-16(6-2-14)24-19(26)18(11-13-9-10-29-12-13)20(27)25(21(24)28)17-7-3-15(23)4-8-17/h1-12H. The highest BCUT2D eigenvalue weighted by atomic mass is 35.5. The van der Waals surface area contributed by atoms with Gasteiger partial charge in [0, 0.05) is 10.0 Å². The highest BCUT2D eigenvalue weighted by molar-refractivity contribution is 7.08. The molecule has 144 valence electrons. The maximum atomic E-state index is 13.2. The molecule has 2 aromatic carbocycles. The summed E-state index contributed by atoms with van der Waals surface area (Å²) in [7, 11) is 0. The van der Waals surface area contributed by atoms with Crippen molar-refractivity contribution in [2.24, 2.45) is 0 Å². The summed E-state index contributed by atoms with van der Waals surface area (Å²) in [6, 6.07) is 13.5. The smallest absolute Gasteiger partial charge is 0.268 e. The summed E-state index contributed by atoms with van der Waals surface area (Å²) in [5, 5.41) is 4.57. The number of carbonyl (C=O) groups excluding carboxylic acids is 3. The van der Waals surface area contributed by atoms with Gasteiger partial charge in [-0.3, -0.25) is 9.59 Å². The normalized spacial score (nSPS) is 14.6. The van der Waals surface area contributed by atoms with Gasteiger partial charge in [-0.15, -0.1) is 0 Å². The van der Waals surface area contributed by atoms with Gasteiger partial charge in [0.05, 0.1) is 11.4 Å². The van der Waals surface area contributed by atoms with Crippen LogP contribution in [0, 0.1) is 0 Å². The van der Waals surface area contributed by atoms with Crippen molar-refractivity contribution in [2.75, 3.05) is 9.80 Å². The summed E-state index contributed by atoms with van der Waals surface area (Å²) < 4.78 is 0. The molecule has 0 N–H and O–H groups in total. The van der Waals surface area contributed by atoms with E-state index in [1.807, 2.05) is 10.8 Å². The van der Waals surface area contributed by atoms with E-state index in [1.54, 1.807) is 54.6 Å². The van der Waals surface area contributed by atoms with Crippen molar-refractivity contribution in [3.63, 3.8) is 0 Å². The molecule has 1 fully saturated rings. The lowest BCUT2D eigenvalue weighted by atomic mass is 10.1. The second kappa shape index (κ2) is 7.83. The Morgan fingerprint density at radius 1 is 0.724 bits per heavy atom. The molecule has 29 heavy (non-hydrogen) atoms. The minimum Gasteiger partial charge on any atom is -0.268 e. The topological polar surface area (TPSA) is 57.7 Å². The Labute approximate surface area is 180 Å². The van der Waals surface area contributed by atoms with Crippen LogP contribution in [0.4, 0.5) is 16.2 Å². The van der Waals surface area contributed by atoms with Crippen LogP contribution in [0.1, 0.15) is 5.56 Å². The quantitative estimate of drug-likeness (QED) is 0.389. The van der Waals surface area contributed by atoms with Crippen molar-refractivity contribution in [2.45, 2.75) is 0 Å². The molecule has 2 heterocycles. The number of hydrogen-bond donors (Lipinski definition) is 0. The second-order valence-corrected chi connectivity index (χ2v) is 7.78. The summed E-state index contributed by atoms with van der Waals surface area (Å²) in [6.45, 7) is 0. The Morgan fingerprint density at radius 2 is 1.21 bits per heavy atom. The maximum absolute atomic E-state index is 13.2. The molecule has 0 radical (unpaired) electrons. The van der Waals surface area contributed by atoms with E-state index in [0.29, 0.717) is 27.0 Å². The van der Waals surface area contributed by atoms with Crippen molar-refractivity contribution < 1.29 is 14.4 Å². The number of urea groups is 1. The van der Waals surface area contributed by atoms with Gasteiger partial charge in [0.1, 0.15) is 5.57 Å². The van der Waals surface area contributed by atoms with Crippen molar-refractivity contribution >= 4 is 69.8 Å². The van der Waals surface area contributed by atoms with Crippen LogP contribution in [0.5, 0.6) is 0 Å². The highest BCUT2D eigenvalue weighted by Gasteiger charge is 2.43. The summed E-state index contributed by atoms with van der Waals surface area (Å²) in [4.78, 5) is 41.4. The first-order valence-corrected chi connectivity index (χ1v) is 10.1. The number of imide groups is 2. The van der Waals surface area contributed by atoms with Crippen LogP contribution in [-0.2, 0) is 9.59 Å². The number of halogens is 2. The number of nitrogens with zero attached hydrogens (tertiary/aromatic N) is 2. The zero-order chi connectivity index (χ0) is 20.5. The average molecular weight is 443 g/mol. The predicted octanol–water partition coefficient (Wildman–Crippen LogP) is 5.64. The van der Waals surface area contributed by atoms with Crippen LogP contribution in [0.25, 0.3) is 6.08 Å². The number of rotatable bonds is 3. The minimum absolute atomic E-state index is 0.118. The van der Waals surface area contributed by atoms with E-state index in [4.69, 9.17) is 23.2 Å². The van der Waals surface area contributed by atoms with Gasteiger partial charge in [0.25, 0.3) is 11.8 Å². The largest absolute Gasteiger partial charge is 0.343 e. The molecule has 1 aliphatic heterocycles.